The number of nitrogen functional groups attached to an aromatic ring is 1. The first-order valence-electron chi connectivity index (χ1n) is 10.3. The number of nitrogens with zero attached hydrogens (tertiary/aromatic N) is 3. The number of halogens is 5. The lowest BCUT2D eigenvalue weighted by Gasteiger charge is -2.19. The van der Waals surface area contributed by atoms with Gasteiger partial charge in [-0.2, -0.15) is 13.2 Å². The van der Waals surface area contributed by atoms with E-state index < -0.39 is 30.6 Å². The molecule has 0 saturated carbocycles. The third-order valence-corrected chi connectivity index (χ3v) is 5.62. The van der Waals surface area contributed by atoms with Crippen molar-refractivity contribution in [3.8, 4) is 0 Å². The van der Waals surface area contributed by atoms with Gasteiger partial charge in [0.25, 0.3) is 11.5 Å². The molecule has 6 nitrogen and oxygen atoms in total. The van der Waals surface area contributed by atoms with E-state index in [-0.39, 0.29) is 22.7 Å². The number of pyridine rings is 1. The lowest BCUT2D eigenvalue weighted by atomic mass is 10.00. The molecule has 1 amide bonds. The zero-order valence-electron chi connectivity index (χ0n) is 18.7. The molecule has 0 unspecified atom stereocenters. The largest absolute Gasteiger partial charge is 0.390 e. The van der Waals surface area contributed by atoms with Crippen LogP contribution in [0.2, 0.25) is 10.0 Å². The molecular formula is C24H21Cl2F3N4O2. The van der Waals surface area contributed by atoms with Gasteiger partial charge in [0.05, 0.1) is 22.8 Å². The molecule has 3 rings (SSSR count). The summed E-state index contributed by atoms with van der Waals surface area (Å²) in [6.45, 7) is -0.768. The van der Waals surface area contributed by atoms with Crippen molar-refractivity contribution in [1.29, 1.82) is 0 Å². The summed E-state index contributed by atoms with van der Waals surface area (Å²) in [5, 5.41) is 0.755. The minimum absolute atomic E-state index is 0.0965. The van der Waals surface area contributed by atoms with E-state index in [1.807, 2.05) is 0 Å². The summed E-state index contributed by atoms with van der Waals surface area (Å²) in [4.78, 5) is 31.5. The molecule has 3 aromatic rings. The molecule has 1 aromatic heterocycles. The maximum atomic E-state index is 13.0. The quantitative estimate of drug-likeness (QED) is 0.428. The van der Waals surface area contributed by atoms with Crippen LogP contribution in [0.15, 0.2) is 64.4 Å². The maximum absolute atomic E-state index is 13.0. The Morgan fingerprint density at radius 3 is 2.26 bits per heavy atom. The van der Waals surface area contributed by atoms with Crippen LogP contribution >= 0.6 is 23.2 Å². The van der Waals surface area contributed by atoms with Gasteiger partial charge in [0, 0.05) is 36.8 Å². The second kappa shape index (κ2) is 10.5. The normalized spacial score (nSPS) is 12.0. The number of alkyl halides is 3. The van der Waals surface area contributed by atoms with Gasteiger partial charge in [-0.25, -0.2) is 4.99 Å². The number of aromatic nitrogens is 1. The fourth-order valence-corrected chi connectivity index (χ4v) is 3.58. The Labute approximate surface area is 209 Å². The van der Waals surface area contributed by atoms with Crippen LogP contribution in [0, 0.1) is 0 Å². The van der Waals surface area contributed by atoms with Gasteiger partial charge in [0.2, 0.25) is 0 Å². The Kier molecular flexibility index (Phi) is 7.92. The Bertz CT molecular complexity index is 1330. The maximum Gasteiger partial charge on any atom is 0.390 e. The highest BCUT2D eigenvalue weighted by molar-refractivity contribution is 6.33. The molecule has 0 aliphatic heterocycles. The molecule has 11 heteroatoms. The lowest BCUT2D eigenvalue weighted by molar-refractivity contribution is -0.136. The van der Waals surface area contributed by atoms with Crippen molar-refractivity contribution in [1.82, 2.24) is 9.47 Å². The monoisotopic (exact) mass is 524 g/mol. The Morgan fingerprint density at radius 2 is 1.69 bits per heavy atom. The number of hydrogen-bond acceptors (Lipinski definition) is 4. The predicted molar refractivity (Wildman–Crippen MR) is 132 cm³/mol. The van der Waals surface area contributed by atoms with Gasteiger partial charge >= 0.3 is 6.18 Å². The highest BCUT2D eigenvalue weighted by Gasteiger charge is 2.29. The second-order valence-corrected chi connectivity index (χ2v) is 8.64. The number of anilines is 1. The summed E-state index contributed by atoms with van der Waals surface area (Å²) in [5.74, 6) is -0.958. The SMILES string of the molecule is CN(C)C(=O)c1cc(C(=Nc2ccccc2Cl)c2ccc(Cl)cc2)c(N)n(CCC(F)(F)F)c1=O. The first kappa shape index (κ1) is 26.3. The lowest BCUT2D eigenvalue weighted by Crippen LogP contribution is -2.35. The van der Waals surface area contributed by atoms with Crippen LogP contribution in [-0.2, 0) is 6.54 Å². The second-order valence-electron chi connectivity index (χ2n) is 7.80. The molecule has 2 aromatic carbocycles. The zero-order chi connectivity index (χ0) is 25.9. The van der Waals surface area contributed by atoms with Crippen molar-refractivity contribution in [2.75, 3.05) is 19.8 Å². The summed E-state index contributed by atoms with van der Waals surface area (Å²) < 4.78 is 39.8. The average Bonchev–Trinajstić information content (AvgIpc) is 2.78. The van der Waals surface area contributed by atoms with Crippen molar-refractivity contribution >= 4 is 46.3 Å². The van der Waals surface area contributed by atoms with Crippen LogP contribution in [0.4, 0.5) is 24.7 Å². The molecule has 0 saturated heterocycles. The third-order valence-electron chi connectivity index (χ3n) is 5.04. The van der Waals surface area contributed by atoms with Crippen molar-refractivity contribution in [2.45, 2.75) is 19.1 Å². The first-order valence-corrected chi connectivity index (χ1v) is 11.1. The summed E-state index contributed by atoms with van der Waals surface area (Å²) in [6.07, 6.45) is -5.85. The Morgan fingerprint density at radius 1 is 1.06 bits per heavy atom. The molecule has 0 radical (unpaired) electrons. The van der Waals surface area contributed by atoms with E-state index in [4.69, 9.17) is 28.9 Å². The van der Waals surface area contributed by atoms with Gasteiger partial charge in [0.1, 0.15) is 11.4 Å². The predicted octanol–water partition coefficient (Wildman–Crippen LogP) is 5.56. The van der Waals surface area contributed by atoms with Crippen LogP contribution in [0.3, 0.4) is 0 Å². The van der Waals surface area contributed by atoms with Crippen LogP contribution in [0.5, 0.6) is 0 Å². The summed E-state index contributed by atoms with van der Waals surface area (Å²) >= 11 is 12.3. The number of rotatable bonds is 6. The number of hydrogen-bond donors (Lipinski definition) is 1. The molecule has 2 N–H and O–H groups in total. The number of amides is 1. The van der Waals surface area contributed by atoms with Crippen molar-refractivity contribution in [3.63, 3.8) is 0 Å². The van der Waals surface area contributed by atoms with E-state index >= 15 is 0 Å². The number of nitrogens with two attached hydrogens (primary N) is 1. The number of aliphatic imine (C=N–C) groups is 1. The zero-order valence-corrected chi connectivity index (χ0v) is 20.2. The molecule has 184 valence electrons. The summed E-state index contributed by atoms with van der Waals surface area (Å²) in [6, 6.07) is 14.4. The van der Waals surface area contributed by atoms with E-state index in [9.17, 15) is 22.8 Å². The van der Waals surface area contributed by atoms with Crippen LogP contribution in [0.1, 0.15) is 27.9 Å². The Hall–Kier alpha value is -3.30. The minimum Gasteiger partial charge on any atom is -0.384 e. The molecule has 0 aliphatic rings. The van der Waals surface area contributed by atoms with Gasteiger partial charge in [-0.15, -0.1) is 0 Å². The van der Waals surface area contributed by atoms with Crippen LogP contribution in [-0.4, -0.2) is 41.4 Å². The molecule has 0 aliphatic carbocycles. The van der Waals surface area contributed by atoms with E-state index in [1.54, 1.807) is 48.5 Å². The number of carbonyl (C=O) groups is 1. The van der Waals surface area contributed by atoms with Crippen LogP contribution in [0.25, 0.3) is 0 Å². The van der Waals surface area contributed by atoms with Crippen molar-refractivity contribution < 1.29 is 18.0 Å². The molecule has 0 bridgehead atoms. The minimum atomic E-state index is -4.54. The molecular weight excluding hydrogens is 504 g/mol. The first-order chi connectivity index (χ1) is 16.4. The topological polar surface area (TPSA) is 80.7 Å². The van der Waals surface area contributed by atoms with Gasteiger partial charge in [-0.05, 0) is 30.3 Å². The number of benzene rings is 2. The van der Waals surface area contributed by atoms with Crippen LogP contribution < -0.4 is 11.3 Å². The van der Waals surface area contributed by atoms with Gasteiger partial charge in [-0.1, -0.05) is 47.5 Å². The molecule has 0 fully saturated rings. The highest BCUT2D eigenvalue weighted by Crippen LogP contribution is 2.29. The summed E-state index contributed by atoms with van der Waals surface area (Å²) in [7, 11) is 2.85. The third kappa shape index (κ3) is 6.23. The van der Waals surface area contributed by atoms with Gasteiger partial charge in [0.15, 0.2) is 0 Å². The smallest absolute Gasteiger partial charge is 0.384 e. The van der Waals surface area contributed by atoms with Gasteiger partial charge in [-0.3, -0.25) is 14.2 Å². The van der Waals surface area contributed by atoms with Crippen molar-refractivity contribution in [2.24, 2.45) is 4.99 Å². The Balaban J connectivity index is 2.35. The van der Waals surface area contributed by atoms with Crippen molar-refractivity contribution in [3.05, 3.63) is 91.7 Å². The molecule has 0 spiro atoms. The highest BCUT2D eigenvalue weighted by atomic mass is 35.5. The fourth-order valence-electron chi connectivity index (χ4n) is 3.28. The molecule has 35 heavy (non-hydrogen) atoms. The molecule has 0 atom stereocenters. The molecule has 1 heterocycles. The fraction of sp³-hybridized carbons (Fsp3) is 0.208. The van der Waals surface area contributed by atoms with E-state index in [0.29, 0.717) is 21.3 Å². The van der Waals surface area contributed by atoms with Gasteiger partial charge < -0.3 is 10.6 Å². The summed E-state index contributed by atoms with van der Waals surface area (Å²) in [5.41, 5.74) is 6.11. The average molecular weight is 525 g/mol. The van der Waals surface area contributed by atoms with E-state index in [2.05, 4.69) is 4.99 Å². The number of para-hydroxylation sites is 1. The number of carbonyl (C=O) groups excluding carboxylic acids is 1. The van der Waals surface area contributed by atoms with E-state index in [1.165, 1.54) is 20.2 Å². The standard InChI is InChI=1S/C24H21Cl2F3N4O2/c1-32(2)22(34)17-13-16(21(30)33(23(17)35)12-11-24(27,28)29)20(14-7-9-15(25)10-8-14)31-19-6-4-3-5-18(19)26/h3-10,13H,11-12,30H2,1-2H3. The van der Waals surface area contributed by atoms with E-state index in [0.717, 1.165) is 9.47 Å².